The molecule has 1 spiro atoms. The molecule has 138 valence electrons. The third kappa shape index (κ3) is 2.76. The lowest BCUT2D eigenvalue weighted by Gasteiger charge is -2.22. The quantitative estimate of drug-likeness (QED) is 0.770. The fraction of sp³-hybridized carbons (Fsp3) is 0.545. The normalized spacial score (nSPS) is 23.3. The lowest BCUT2D eigenvalue weighted by Crippen LogP contribution is -2.39. The largest absolute Gasteiger partial charge is 0.355 e. The van der Waals surface area contributed by atoms with Crippen molar-refractivity contribution in [3.8, 4) is 0 Å². The van der Waals surface area contributed by atoms with Crippen molar-refractivity contribution in [3.05, 3.63) is 54.1 Å². The minimum Gasteiger partial charge on any atom is -0.355 e. The molecule has 0 saturated heterocycles. The molecule has 2 aliphatic carbocycles. The zero-order valence-electron chi connectivity index (χ0n) is 15.7. The third-order valence-electron chi connectivity index (χ3n) is 6.58. The first kappa shape index (κ1) is 17.3. The van der Waals surface area contributed by atoms with Crippen molar-refractivity contribution in [1.82, 2.24) is 14.9 Å². The molecule has 2 saturated carbocycles. The van der Waals surface area contributed by atoms with Gasteiger partial charge in [-0.3, -0.25) is 4.79 Å². The average molecular weight is 351 g/mol. The Bertz CT molecular complexity index is 761. The van der Waals surface area contributed by atoms with Crippen LogP contribution in [0.3, 0.4) is 0 Å². The van der Waals surface area contributed by atoms with Crippen LogP contribution in [0.25, 0.3) is 0 Å². The van der Waals surface area contributed by atoms with Crippen LogP contribution in [0.1, 0.15) is 56.8 Å². The minimum absolute atomic E-state index is 0.220. The number of aromatic nitrogens is 2. The Morgan fingerprint density at radius 1 is 1.23 bits per heavy atom. The second-order valence-electron chi connectivity index (χ2n) is 7.94. The van der Waals surface area contributed by atoms with Crippen molar-refractivity contribution in [3.63, 3.8) is 0 Å². The molecule has 4 rings (SSSR count). The Labute approximate surface area is 156 Å². The number of nitrogens with zero attached hydrogens (tertiary/aromatic N) is 2. The van der Waals surface area contributed by atoms with Gasteiger partial charge in [-0.1, -0.05) is 50.1 Å². The Balaban J connectivity index is 1.40. The van der Waals surface area contributed by atoms with Crippen molar-refractivity contribution < 1.29 is 4.79 Å². The lowest BCUT2D eigenvalue weighted by atomic mass is 9.84. The van der Waals surface area contributed by atoms with Gasteiger partial charge in [0.05, 0.1) is 5.41 Å². The van der Waals surface area contributed by atoms with Crippen LogP contribution in [-0.2, 0) is 23.2 Å². The maximum absolute atomic E-state index is 13.2. The lowest BCUT2D eigenvalue weighted by molar-refractivity contribution is -0.124. The summed E-state index contributed by atoms with van der Waals surface area (Å²) in [6.07, 6.45) is 11.7. The highest BCUT2D eigenvalue weighted by molar-refractivity contribution is 5.93. The van der Waals surface area contributed by atoms with E-state index in [1.165, 1.54) is 31.2 Å². The van der Waals surface area contributed by atoms with Crippen LogP contribution >= 0.6 is 0 Å². The summed E-state index contributed by atoms with van der Waals surface area (Å²) in [6, 6.07) is 10.5. The molecule has 4 nitrogen and oxygen atoms in total. The number of rotatable bonds is 7. The van der Waals surface area contributed by atoms with E-state index in [0.29, 0.717) is 0 Å². The summed E-state index contributed by atoms with van der Waals surface area (Å²) >= 11 is 0. The molecule has 0 unspecified atom stereocenters. The van der Waals surface area contributed by atoms with Crippen molar-refractivity contribution >= 4 is 5.91 Å². The monoisotopic (exact) mass is 351 g/mol. The molecule has 1 aromatic carbocycles. The Morgan fingerprint density at radius 3 is 2.73 bits per heavy atom. The van der Waals surface area contributed by atoms with E-state index in [4.69, 9.17) is 0 Å². The summed E-state index contributed by atoms with van der Waals surface area (Å²) < 4.78 is 2.19. The van der Waals surface area contributed by atoms with Crippen LogP contribution in [0.5, 0.6) is 0 Å². The van der Waals surface area contributed by atoms with Gasteiger partial charge in [-0.2, -0.15) is 0 Å². The topological polar surface area (TPSA) is 46.9 Å². The maximum atomic E-state index is 13.2. The number of carbonyl (C=O) groups excluding carboxylic acids is 1. The molecule has 2 aliphatic rings. The summed E-state index contributed by atoms with van der Waals surface area (Å²) in [7, 11) is 0. The third-order valence-corrected chi connectivity index (χ3v) is 6.58. The SMILES string of the molecule is CCc1nccn1CCCNC(=O)[C@@]1(c2ccccc2)CC12CCCC2. The second kappa shape index (κ2) is 6.90. The van der Waals surface area contributed by atoms with Gasteiger partial charge in [0.2, 0.25) is 5.91 Å². The van der Waals surface area contributed by atoms with Crippen LogP contribution in [-0.4, -0.2) is 22.0 Å². The van der Waals surface area contributed by atoms with E-state index in [-0.39, 0.29) is 16.7 Å². The molecule has 1 aromatic heterocycles. The number of benzene rings is 1. The zero-order valence-corrected chi connectivity index (χ0v) is 15.7. The number of hydrogen-bond acceptors (Lipinski definition) is 2. The van der Waals surface area contributed by atoms with Gasteiger partial charge < -0.3 is 9.88 Å². The van der Waals surface area contributed by atoms with Gasteiger partial charge in [0.25, 0.3) is 0 Å². The summed E-state index contributed by atoms with van der Waals surface area (Å²) in [5.74, 6) is 1.36. The fourth-order valence-corrected chi connectivity index (χ4v) is 5.16. The van der Waals surface area contributed by atoms with Crippen LogP contribution in [0.4, 0.5) is 0 Å². The number of hydrogen-bond donors (Lipinski definition) is 1. The number of aryl methyl sites for hydroxylation is 2. The summed E-state index contributed by atoms with van der Waals surface area (Å²) in [5.41, 5.74) is 1.15. The Hall–Kier alpha value is -2.10. The van der Waals surface area contributed by atoms with Crippen LogP contribution < -0.4 is 5.32 Å². The molecule has 2 aromatic rings. The van der Waals surface area contributed by atoms with Gasteiger partial charge >= 0.3 is 0 Å². The van der Waals surface area contributed by atoms with Gasteiger partial charge in [0.1, 0.15) is 5.82 Å². The number of imidazole rings is 1. The zero-order chi connectivity index (χ0) is 18.0. The predicted molar refractivity (Wildman–Crippen MR) is 103 cm³/mol. The fourth-order valence-electron chi connectivity index (χ4n) is 5.16. The molecule has 0 radical (unpaired) electrons. The molecular formula is C22H29N3O. The van der Waals surface area contributed by atoms with Gasteiger partial charge in [0.15, 0.2) is 0 Å². The van der Waals surface area contributed by atoms with E-state index in [9.17, 15) is 4.79 Å². The van der Waals surface area contributed by atoms with E-state index >= 15 is 0 Å². The highest BCUT2D eigenvalue weighted by Gasteiger charge is 2.72. The highest BCUT2D eigenvalue weighted by atomic mass is 16.2. The van der Waals surface area contributed by atoms with Gasteiger partial charge in [-0.15, -0.1) is 0 Å². The molecule has 1 amide bonds. The smallest absolute Gasteiger partial charge is 0.231 e. The molecule has 1 N–H and O–H groups in total. The van der Waals surface area contributed by atoms with E-state index in [1.807, 2.05) is 18.5 Å². The number of carbonyl (C=O) groups is 1. The summed E-state index contributed by atoms with van der Waals surface area (Å²) in [4.78, 5) is 17.6. The van der Waals surface area contributed by atoms with E-state index in [1.54, 1.807) is 0 Å². The molecule has 2 fully saturated rings. The van der Waals surface area contributed by atoms with Crippen molar-refractivity contribution in [1.29, 1.82) is 0 Å². The molecule has 0 bridgehead atoms. The first-order valence-corrected chi connectivity index (χ1v) is 10.1. The Kier molecular flexibility index (Phi) is 4.60. The molecule has 1 atom stereocenters. The van der Waals surface area contributed by atoms with E-state index in [2.05, 4.69) is 46.1 Å². The maximum Gasteiger partial charge on any atom is 0.231 e. The molecule has 0 aliphatic heterocycles. The summed E-state index contributed by atoms with van der Waals surface area (Å²) in [6.45, 7) is 3.76. The number of amides is 1. The van der Waals surface area contributed by atoms with Crippen molar-refractivity contribution in [2.24, 2.45) is 5.41 Å². The first-order valence-electron chi connectivity index (χ1n) is 10.1. The standard InChI is InChI=1S/C22H29N3O/c1-2-19-23-14-16-25(19)15-8-13-24-20(26)22(18-9-4-3-5-10-18)17-21(22)11-6-7-12-21/h3-5,9-10,14,16H,2,6-8,11-13,15,17H2,1H3,(H,24,26)/t22-/m0/s1. The summed E-state index contributed by atoms with van der Waals surface area (Å²) in [5, 5.41) is 3.26. The van der Waals surface area contributed by atoms with Crippen molar-refractivity contribution in [2.45, 2.75) is 63.8 Å². The van der Waals surface area contributed by atoms with Gasteiger partial charge in [0, 0.05) is 31.9 Å². The first-order chi connectivity index (χ1) is 12.7. The Morgan fingerprint density at radius 2 is 2.00 bits per heavy atom. The predicted octanol–water partition coefficient (Wildman–Crippen LogP) is 3.85. The minimum atomic E-state index is -0.283. The number of nitrogens with one attached hydrogen (secondary N) is 1. The molecule has 4 heteroatoms. The molecule has 1 heterocycles. The van der Waals surface area contributed by atoms with E-state index < -0.39 is 0 Å². The van der Waals surface area contributed by atoms with Gasteiger partial charge in [-0.25, -0.2) is 4.98 Å². The average Bonchev–Trinajstić information content (AvgIpc) is 2.98. The van der Waals surface area contributed by atoms with Crippen LogP contribution in [0.2, 0.25) is 0 Å². The molecule has 26 heavy (non-hydrogen) atoms. The van der Waals surface area contributed by atoms with Crippen LogP contribution in [0, 0.1) is 5.41 Å². The van der Waals surface area contributed by atoms with E-state index in [0.717, 1.165) is 38.2 Å². The van der Waals surface area contributed by atoms with Crippen LogP contribution in [0.15, 0.2) is 42.7 Å². The molecular weight excluding hydrogens is 322 g/mol. The van der Waals surface area contributed by atoms with Gasteiger partial charge in [-0.05, 0) is 36.7 Å². The highest BCUT2D eigenvalue weighted by Crippen LogP contribution is 2.72. The second-order valence-corrected chi connectivity index (χ2v) is 7.94. The van der Waals surface area contributed by atoms with Crippen molar-refractivity contribution in [2.75, 3.05) is 6.54 Å².